The number of aryl methyl sites for hydroxylation is 1. The molecule has 0 saturated heterocycles. The van der Waals surface area contributed by atoms with Gasteiger partial charge in [-0.1, -0.05) is 19.1 Å². The van der Waals surface area contributed by atoms with Crippen LogP contribution in [0.1, 0.15) is 40.5 Å². The zero-order valence-corrected chi connectivity index (χ0v) is 11.6. The van der Waals surface area contributed by atoms with E-state index >= 15 is 0 Å². The molecule has 3 nitrogen and oxygen atoms in total. The third-order valence-electron chi connectivity index (χ3n) is 4.05. The molecule has 0 fully saturated rings. The fourth-order valence-electron chi connectivity index (χ4n) is 2.80. The van der Waals surface area contributed by atoms with Crippen molar-refractivity contribution in [1.29, 1.82) is 0 Å². The molecule has 3 heteroatoms. The summed E-state index contributed by atoms with van der Waals surface area (Å²) in [5.74, 6) is 0.630. The zero-order valence-electron chi connectivity index (χ0n) is 11.6. The maximum Gasteiger partial charge on any atom is 0.166 e. The zero-order chi connectivity index (χ0) is 13.6. The lowest BCUT2D eigenvalue weighted by atomic mass is 9.88. The Balaban J connectivity index is 2.18. The third-order valence-corrected chi connectivity index (χ3v) is 4.05. The van der Waals surface area contributed by atoms with Crippen LogP contribution < -0.4 is 0 Å². The third kappa shape index (κ3) is 1.89. The first-order valence-electron chi connectivity index (χ1n) is 6.74. The molecule has 19 heavy (non-hydrogen) atoms. The van der Waals surface area contributed by atoms with Crippen molar-refractivity contribution in [2.75, 3.05) is 0 Å². The standard InChI is InChI=1S/C16H18N2O/c1-10-7-15-13(16(19)8-10)9-17-18(15)14-6-4-5-11(2)12(14)3/h4-6,9-10H,7-8H2,1-3H3/t10-/m0/s1. The van der Waals surface area contributed by atoms with Crippen molar-refractivity contribution in [2.24, 2.45) is 5.92 Å². The summed E-state index contributed by atoms with van der Waals surface area (Å²) in [4.78, 5) is 12.0. The molecule has 1 aliphatic rings. The molecule has 1 aromatic carbocycles. The van der Waals surface area contributed by atoms with Crippen LogP contribution in [0, 0.1) is 19.8 Å². The van der Waals surface area contributed by atoms with E-state index in [4.69, 9.17) is 0 Å². The predicted molar refractivity (Wildman–Crippen MR) is 74.9 cm³/mol. The number of aromatic nitrogens is 2. The van der Waals surface area contributed by atoms with Crippen LogP contribution in [0.15, 0.2) is 24.4 Å². The number of Topliss-reactive ketones (excluding diaryl/α,β-unsaturated/α-hetero) is 1. The first-order chi connectivity index (χ1) is 9.08. The normalized spacial score (nSPS) is 18.5. The first kappa shape index (κ1) is 12.2. The highest BCUT2D eigenvalue weighted by Crippen LogP contribution is 2.28. The van der Waals surface area contributed by atoms with Crippen molar-refractivity contribution >= 4 is 5.78 Å². The quantitative estimate of drug-likeness (QED) is 0.783. The van der Waals surface area contributed by atoms with Gasteiger partial charge in [-0.05, 0) is 43.4 Å². The molecule has 0 spiro atoms. The summed E-state index contributed by atoms with van der Waals surface area (Å²) in [6, 6.07) is 6.21. The van der Waals surface area contributed by atoms with Crippen LogP contribution in [0.2, 0.25) is 0 Å². The summed E-state index contributed by atoms with van der Waals surface area (Å²) in [6.45, 7) is 6.33. The average molecular weight is 254 g/mol. The largest absolute Gasteiger partial charge is 0.294 e. The van der Waals surface area contributed by atoms with Crippen molar-refractivity contribution < 1.29 is 4.79 Å². The van der Waals surface area contributed by atoms with Crippen molar-refractivity contribution in [3.8, 4) is 5.69 Å². The maximum absolute atomic E-state index is 12.0. The van der Waals surface area contributed by atoms with Crippen LogP contribution in [0.4, 0.5) is 0 Å². The van der Waals surface area contributed by atoms with Gasteiger partial charge in [-0.2, -0.15) is 5.10 Å². The number of benzene rings is 1. The summed E-state index contributed by atoms with van der Waals surface area (Å²) in [5.41, 5.74) is 5.43. The van der Waals surface area contributed by atoms with Crippen LogP contribution in [0.3, 0.4) is 0 Å². The number of carbonyl (C=O) groups excluding carboxylic acids is 1. The lowest BCUT2D eigenvalue weighted by Gasteiger charge is -2.19. The number of nitrogens with zero attached hydrogens (tertiary/aromatic N) is 2. The molecule has 1 aliphatic carbocycles. The highest BCUT2D eigenvalue weighted by molar-refractivity contribution is 5.98. The molecule has 0 saturated carbocycles. The second-order valence-electron chi connectivity index (χ2n) is 5.57. The molecule has 1 atom stereocenters. The minimum atomic E-state index is 0.227. The van der Waals surface area contributed by atoms with Crippen LogP contribution in [0.25, 0.3) is 5.69 Å². The minimum absolute atomic E-state index is 0.227. The first-order valence-corrected chi connectivity index (χ1v) is 6.74. The summed E-state index contributed by atoms with van der Waals surface area (Å²) in [7, 11) is 0. The van der Waals surface area contributed by atoms with E-state index < -0.39 is 0 Å². The van der Waals surface area contributed by atoms with E-state index in [1.807, 2.05) is 10.7 Å². The van der Waals surface area contributed by atoms with Gasteiger partial charge < -0.3 is 0 Å². The average Bonchev–Trinajstić information content (AvgIpc) is 2.76. The van der Waals surface area contributed by atoms with Crippen LogP contribution in [-0.4, -0.2) is 15.6 Å². The minimum Gasteiger partial charge on any atom is -0.294 e. The molecule has 0 bridgehead atoms. The Hall–Kier alpha value is -1.90. The van der Waals surface area contributed by atoms with E-state index in [2.05, 4.69) is 38.0 Å². The summed E-state index contributed by atoms with van der Waals surface area (Å²) in [6.07, 6.45) is 3.30. The highest BCUT2D eigenvalue weighted by atomic mass is 16.1. The van der Waals surface area contributed by atoms with Crippen molar-refractivity contribution in [3.05, 3.63) is 46.8 Å². The van der Waals surface area contributed by atoms with Crippen LogP contribution in [-0.2, 0) is 6.42 Å². The molecule has 0 amide bonds. The molecule has 0 radical (unpaired) electrons. The molecule has 98 valence electrons. The maximum atomic E-state index is 12.0. The molecule has 0 N–H and O–H groups in total. The van der Waals surface area contributed by atoms with Gasteiger partial charge in [-0.25, -0.2) is 4.68 Å². The monoisotopic (exact) mass is 254 g/mol. The number of hydrogen-bond donors (Lipinski definition) is 0. The van der Waals surface area contributed by atoms with Gasteiger partial charge in [0.15, 0.2) is 5.78 Å². The summed E-state index contributed by atoms with van der Waals surface area (Å²) >= 11 is 0. The summed E-state index contributed by atoms with van der Waals surface area (Å²) < 4.78 is 1.95. The Bertz CT molecular complexity index is 655. The Morgan fingerprint density at radius 3 is 2.84 bits per heavy atom. The van der Waals surface area contributed by atoms with Gasteiger partial charge in [0, 0.05) is 6.42 Å². The molecule has 3 rings (SSSR count). The molecular formula is C16H18N2O. The van der Waals surface area contributed by atoms with E-state index in [-0.39, 0.29) is 5.78 Å². The number of rotatable bonds is 1. The Morgan fingerprint density at radius 1 is 1.26 bits per heavy atom. The fraction of sp³-hybridized carbons (Fsp3) is 0.375. The number of carbonyl (C=O) groups is 1. The molecule has 0 unspecified atom stereocenters. The number of ketones is 1. The molecule has 1 aromatic heterocycles. The molecule has 1 heterocycles. The van der Waals surface area contributed by atoms with Crippen molar-refractivity contribution in [3.63, 3.8) is 0 Å². The molecule has 0 aliphatic heterocycles. The Kier molecular flexibility index (Phi) is 2.77. The van der Waals surface area contributed by atoms with Gasteiger partial charge in [0.25, 0.3) is 0 Å². The lowest BCUT2D eigenvalue weighted by molar-refractivity contribution is 0.0952. The number of hydrogen-bond acceptors (Lipinski definition) is 2. The van der Waals surface area contributed by atoms with Gasteiger partial charge in [-0.3, -0.25) is 4.79 Å². The van der Waals surface area contributed by atoms with Crippen molar-refractivity contribution in [1.82, 2.24) is 9.78 Å². The van der Waals surface area contributed by atoms with Gasteiger partial charge in [0.2, 0.25) is 0 Å². The van der Waals surface area contributed by atoms with E-state index in [9.17, 15) is 4.79 Å². The van der Waals surface area contributed by atoms with Crippen LogP contribution in [0.5, 0.6) is 0 Å². The molecule has 2 aromatic rings. The fourth-order valence-corrected chi connectivity index (χ4v) is 2.80. The van der Waals surface area contributed by atoms with Crippen LogP contribution >= 0.6 is 0 Å². The van der Waals surface area contributed by atoms with E-state index in [0.29, 0.717) is 12.3 Å². The smallest absolute Gasteiger partial charge is 0.166 e. The lowest BCUT2D eigenvalue weighted by Crippen LogP contribution is -2.19. The van der Waals surface area contributed by atoms with E-state index in [1.165, 1.54) is 11.1 Å². The van der Waals surface area contributed by atoms with Gasteiger partial charge in [-0.15, -0.1) is 0 Å². The Morgan fingerprint density at radius 2 is 2.05 bits per heavy atom. The SMILES string of the molecule is Cc1cccc(-n2ncc3c2C[C@H](C)CC3=O)c1C. The van der Waals surface area contributed by atoms with Crippen molar-refractivity contribution in [2.45, 2.75) is 33.6 Å². The van der Waals surface area contributed by atoms with Gasteiger partial charge >= 0.3 is 0 Å². The Labute approximate surface area is 113 Å². The van der Waals surface area contributed by atoms with E-state index in [1.54, 1.807) is 6.20 Å². The molecular weight excluding hydrogens is 236 g/mol. The van der Waals surface area contributed by atoms with Gasteiger partial charge in [0.05, 0.1) is 23.1 Å². The van der Waals surface area contributed by atoms with Gasteiger partial charge in [0.1, 0.15) is 0 Å². The second kappa shape index (κ2) is 4.34. The second-order valence-corrected chi connectivity index (χ2v) is 5.57. The number of fused-ring (bicyclic) bond motifs is 1. The predicted octanol–water partition coefficient (Wildman–Crippen LogP) is 3.25. The highest BCUT2D eigenvalue weighted by Gasteiger charge is 2.27. The van der Waals surface area contributed by atoms with E-state index in [0.717, 1.165) is 23.4 Å². The summed E-state index contributed by atoms with van der Waals surface area (Å²) in [5, 5.41) is 4.45. The topological polar surface area (TPSA) is 34.9 Å².